The van der Waals surface area contributed by atoms with Gasteiger partial charge in [0.25, 0.3) is 11.6 Å². The largest absolute Gasteiger partial charge is 0.506 e. The standard InChI is InChI=1S/C15H12N2O6/c1-23-15(20)11-5-3-2-4-10(11)14(19)16-12-8-9(17(21)22)6-7-13(12)18/h2-8,18H,1H3,(H,16,19). The van der Waals surface area contributed by atoms with E-state index in [1.54, 1.807) is 12.1 Å². The van der Waals surface area contributed by atoms with Gasteiger partial charge in [-0.2, -0.15) is 0 Å². The Balaban J connectivity index is 2.35. The highest BCUT2D eigenvalue weighted by Gasteiger charge is 2.19. The normalized spacial score (nSPS) is 9.96. The summed E-state index contributed by atoms with van der Waals surface area (Å²) in [6.45, 7) is 0. The molecular formula is C15H12N2O6. The van der Waals surface area contributed by atoms with Gasteiger partial charge in [-0.15, -0.1) is 0 Å². The third kappa shape index (κ3) is 3.43. The van der Waals surface area contributed by atoms with Crippen LogP contribution in [0.15, 0.2) is 42.5 Å². The third-order valence-corrected chi connectivity index (χ3v) is 3.02. The van der Waals surface area contributed by atoms with E-state index in [9.17, 15) is 24.8 Å². The van der Waals surface area contributed by atoms with Gasteiger partial charge in [0.15, 0.2) is 0 Å². The maximum atomic E-state index is 12.3. The minimum absolute atomic E-state index is 0.0188. The van der Waals surface area contributed by atoms with Crippen molar-refractivity contribution >= 4 is 23.3 Å². The Morgan fingerprint density at radius 3 is 2.43 bits per heavy atom. The van der Waals surface area contributed by atoms with E-state index >= 15 is 0 Å². The van der Waals surface area contributed by atoms with Crippen LogP contribution in [0, 0.1) is 10.1 Å². The van der Waals surface area contributed by atoms with Crippen LogP contribution in [0.5, 0.6) is 5.75 Å². The number of nitrogens with one attached hydrogen (secondary N) is 1. The molecule has 8 nitrogen and oxygen atoms in total. The molecule has 0 aliphatic rings. The number of methoxy groups -OCH3 is 1. The first-order valence-corrected chi connectivity index (χ1v) is 6.40. The minimum atomic E-state index is -0.707. The van der Waals surface area contributed by atoms with E-state index in [0.717, 1.165) is 18.2 Å². The van der Waals surface area contributed by atoms with Gasteiger partial charge in [-0.3, -0.25) is 14.9 Å². The van der Waals surface area contributed by atoms with Gasteiger partial charge >= 0.3 is 5.97 Å². The average Bonchev–Trinajstić information content (AvgIpc) is 2.55. The number of carbonyl (C=O) groups excluding carboxylic acids is 2. The van der Waals surface area contributed by atoms with Crippen molar-refractivity contribution in [2.45, 2.75) is 0 Å². The Morgan fingerprint density at radius 1 is 1.17 bits per heavy atom. The molecular weight excluding hydrogens is 304 g/mol. The van der Waals surface area contributed by atoms with Crippen LogP contribution in [0.25, 0.3) is 0 Å². The predicted octanol–water partition coefficient (Wildman–Crippen LogP) is 2.34. The summed E-state index contributed by atoms with van der Waals surface area (Å²) in [7, 11) is 1.18. The first-order chi connectivity index (χ1) is 10.9. The van der Waals surface area contributed by atoms with E-state index in [1.807, 2.05) is 0 Å². The molecule has 8 heteroatoms. The molecule has 0 fully saturated rings. The third-order valence-electron chi connectivity index (χ3n) is 3.02. The number of rotatable bonds is 4. The first-order valence-electron chi connectivity index (χ1n) is 6.40. The number of hydrogen-bond donors (Lipinski definition) is 2. The topological polar surface area (TPSA) is 119 Å². The van der Waals surface area contributed by atoms with Crippen LogP contribution in [0.3, 0.4) is 0 Å². The summed E-state index contributed by atoms with van der Waals surface area (Å²) in [6, 6.07) is 9.15. The lowest BCUT2D eigenvalue weighted by Crippen LogP contribution is -2.17. The van der Waals surface area contributed by atoms with Gasteiger partial charge < -0.3 is 15.2 Å². The molecule has 23 heavy (non-hydrogen) atoms. The molecule has 0 aliphatic carbocycles. The lowest BCUT2D eigenvalue weighted by atomic mass is 10.1. The van der Waals surface area contributed by atoms with Crippen molar-refractivity contribution in [3.8, 4) is 5.75 Å². The summed E-state index contributed by atoms with van der Waals surface area (Å²) < 4.78 is 4.59. The zero-order chi connectivity index (χ0) is 17.0. The van der Waals surface area contributed by atoms with Crippen molar-refractivity contribution < 1.29 is 24.4 Å². The van der Waals surface area contributed by atoms with E-state index in [0.29, 0.717) is 0 Å². The van der Waals surface area contributed by atoms with Crippen molar-refractivity contribution in [2.75, 3.05) is 12.4 Å². The zero-order valence-corrected chi connectivity index (χ0v) is 12.0. The number of nitro benzene ring substituents is 1. The van der Waals surface area contributed by atoms with Crippen LogP contribution >= 0.6 is 0 Å². The number of non-ortho nitro benzene ring substituents is 1. The lowest BCUT2D eigenvalue weighted by molar-refractivity contribution is -0.384. The number of aromatic hydroxyl groups is 1. The Hall–Kier alpha value is -3.42. The molecule has 0 atom stereocenters. The molecule has 0 bridgehead atoms. The van der Waals surface area contributed by atoms with Gasteiger partial charge in [-0.1, -0.05) is 12.1 Å². The number of anilines is 1. The van der Waals surface area contributed by atoms with Gasteiger partial charge in [0.05, 0.1) is 28.8 Å². The quantitative estimate of drug-likeness (QED) is 0.387. The number of ether oxygens (including phenoxy) is 1. The van der Waals surface area contributed by atoms with E-state index in [-0.39, 0.29) is 28.3 Å². The van der Waals surface area contributed by atoms with Gasteiger partial charge in [0.2, 0.25) is 0 Å². The highest BCUT2D eigenvalue weighted by molar-refractivity contribution is 6.11. The first kappa shape index (κ1) is 16.0. The number of esters is 1. The smallest absolute Gasteiger partial charge is 0.338 e. The molecule has 0 saturated carbocycles. The van der Waals surface area contributed by atoms with Crippen LogP contribution in [0.2, 0.25) is 0 Å². The van der Waals surface area contributed by atoms with Crippen molar-refractivity contribution in [1.82, 2.24) is 0 Å². The number of phenols is 1. The summed E-state index contributed by atoms with van der Waals surface area (Å²) in [5.41, 5.74) is -0.370. The van der Waals surface area contributed by atoms with Crippen molar-refractivity contribution in [1.29, 1.82) is 0 Å². The summed E-state index contributed by atoms with van der Waals surface area (Å²) in [5.74, 6) is -1.74. The molecule has 0 aliphatic heterocycles. The molecule has 0 heterocycles. The Bertz CT molecular complexity index is 787. The number of amides is 1. The van der Waals surface area contributed by atoms with Crippen LogP contribution in [0.1, 0.15) is 20.7 Å². The van der Waals surface area contributed by atoms with Crippen LogP contribution < -0.4 is 5.32 Å². The number of hydrogen-bond acceptors (Lipinski definition) is 6. The molecule has 0 spiro atoms. The Kier molecular flexibility index (Phi) is 4.55. The van der Waals surface area contributed by atoms with Crippen molar-refractivity contribution in [3.63, 3.8) is 0 Å². The summed E-state index contributed by atoms with van der Waals surface area (Å²) in [6.07, 6.45) is 0. The molecule has 2 N–H and O–H groups in total. The van der Waals surface area contributed by atoms with E-state index in [2.05, 4.69) is 10.1 Å². The highest BCUT2D eigenvalue weighted by atomic mass is 16.6. The zero-order valence-electron chi connectivity index (χ0n) is 12.0. The second-order valence-electron chi connectivity index (χ2n) is 4.45. The fraction of sp³-hybridized carbons (Fsp3) is 0.0667. The van der Waals surface area contributed by atoms with Crippen molar-refractivity contribution in [3.05, 3.63) is 63.7 Å². The molecule has 1 amide bonds. The van der Waals surface area contributed by atoms with Crippen LogP contribution in [0.4, 0.5) is 11.4 Å². The average molecular weight is 316 g/mol. The summed E-state index contributed by atoms with van der Waals surface area (Å²) >= 11 is 0. The second-order valence-corrected chi connectivity index (χ2v) is 4.45. The fourth-order valence-corrected chi connectivity index (χ4v) is 1.90. The SMILES string of the molecule is COC(=O)c1ccccc1C(=O)Nc1cc([N+](=O)[O-])ccc1O. The maximum absolute atomic E-state index is 12.3. The lowest BCUT2D eigenvalue weighted by Gasteiger charge is -2.10. The van der Waals surface area contributed by atoms with Crippen LogP contribution in [-0.2, 0) is 4.74 Å². The number of benzene rings is 2. The van der Waals surface area contributed by atoms with Gasteiger partial charge in [0, 0.05) is 12.1 Å². The van der Waals surface area contributed by atoms with Crippen LogP contribution in [-0.4, -0.2) is 29.0 Å². The predicted molar refractivity (Wildman–Crippen MR) is 80.5 cm³/mol. The Morgan fingerprint density at radius 2 is 1.83 bits per heavy atom. The molecule has 2 aromatic carbocycles. The fourth-order valence-electron chi connectivity index (χ4n) is 1.90. The van der Waals surface area contributed by atoms with E-state index in [4.69, 9.17) is 0 Å². The van der Waals surface area contributed by atoms with Gasteiger partial charge in [-0.25, -0.2) is 4.79 Å². The number of carbonyl (C=O) groups is 2. The van der Waals surface area contributed by atoms with Crippen molar-refractivity contribution in [2.24, 2.45) is 0 Å². The van der Waals surface area contributed by atoms with E-state index in [1.165, 1.54) is 19.2 Å². The summed E-state index contributed by atoms with van der Waals surface area (Å²) in [5, 5.41) is 22.8. The number of nitrogens with zero attached hydrogens (tertiary/aromatic N) is 1. The summed E-state index contributed by atoms with van der Waals surface area (Å²) in [4.78, 5) is 34.0. The molecule has 2 rings (SSSR count). The number of phenolic OH excluding ortho intramolecular Hbond substituents is 1. The van der Waals surface area contributed by atoms with Gasteiger partial charge in [0.1, 0.15) is 5.75 Å². The monoisotopic (exact) mass is 316 g/mol. The van der Waals surface area contributed by atoms with E-state index < -0.39 is 16.8 Å². The molecule has 0 unspecified atom stereocenters. The highest BCUT2D eigenvalue weighted by Crippen LogP contribution is 2.28. The molecule has 118 valence electrons. The minimum Gasteiger partial charge on any atom is -0.506 e. The molecule has 2 aromatic rings. The molecule has 0 aromatic heterocycles. The molecule has 0 saturated heterocycles. The number of nitro groups is 1. The maximum Gasteiger partial charge on any atom is 0.338 e. The second kappa shape index (κ2) is 6.56. The van der Waals surface area contributed by atoms with Gasteiger partial charge in [-0.05, 0) is 18.2 Å². The molecule has 0 radical (unpaired) electrons. The Labute approximate surface area is 130 Å².